The maximum Gasteiger partial charge on any atom is 0.343 e. The van der Waals surface area contributed by atoms with E-state index in [-0.39, 0.29) is 30.1 Å². The van der Waals surface area contributed by atoms with Crippen LogP contribution in [0.15, 0.2) is 17.1 Å². The molecule has 5 rings (SSSR count). The van der Waals surface area contributed by atoms with Crippen molar-refractivity contribution in [1.29, 1.82) is 0 Å². The number of esters is 1. The van der Waals surface area contributed by atoms with Gasteiger partial charge in [0.2, 0.25) is 22.4 Å². The van der Waals surface area contributed by atoms with E-state index in [0.717, 1.165) is 37.4 Å². The average Bonchev–Trinajstić information content (AvgIpc) is 3.45. The average molecular weight is 600 g/mol. The summed E-state index contributed by atoms with van der Waals surface area (Å²) in [6.07, 6.45) is 4.68. The molecule has 1 unspecified atom stereocenters. The van der Waals surface area contributed by atoms with Gasteiger partial charge in [0, 0.05) is 64.7 Å². The Balaban J connectivity index is 1.43. The van der Waals surface area contributed by atoms with Crippen LogP contribution < -0.4 is 20.5 Å². The number of methoxy groups -OCH3 is 1. The van der Waals surface area contributed by atoms with Gasteiger partial charge in [-0.05, 0) is 44.7 Å². The van der Waals surface area contributed by atoms with Gasteiger partial charge >= 0.3 is 5.97 Å². The second-order valence-electron chi connectivity index (χ2n) is 10.6. The molecular weight excluding hydrogens is 562 g/mol. The zero-order chi connectivity index (χ0) is 29.8. The second kappa shape index (κ2) is 13.1. The van der Waals surface area contributed by atoms with Gasteiger partial charge in [-0.1, -0.05) is 0 Å². The molecule has 1 atom stereocenters. The molecule has 0 aromatic carbocycles. The number of hydrogen-bond donors (Lipinski definition) is 1. The highest BCUT2D eigenvalue weighted by Crippen LogP contribution is 2.29. The number of fused-ring (bicyclic) bond motifs is 1. The molecule has 14 heteroatoms. The summed E-state index contributed by atoms with van der Waals surface area (Å²) in [4.78, 5) is 52.4. The molecule has 0 spiro atoms. The fourth-order valence-corrected chi connectivity index (χ4v) is 5.78. The summed E-state index contributed by atoms with van der Waals surface area (Å²) in [7, 11) is 3.49. The number of carbonyl (C=O) groups is 2. The minimum atomic E-state index is -0.709. The number of carbonyl (C=O) groups excluding carboxylic acids is 2. The largest absolute Gasteiger partial charge is 0.462 e. The fourth-order valence-electron chi connectivity index (χ4n) is 5.09. The van der Waals surface area contributed by atoms with Gasteiger partial charge in [0.15, 0.2) is 5.65 Å². The molecule has 0 bridgehead atoms. The monoisotopic (exact) mass is 599 g/mol. The zero-order valence-corrected chi connectivity index (χ0v) is 25.2. The molecule has 2 aliphatic rings. The van der Waals surface area contributed by atoms with E-state index in [4.69, 9.17) is 19.2 Å². The highest BCUT2D eigenvalue weighted by Gasteiger charge is 2.34. The lowest BCUT2D eigenvalue weighted by atomic mass is 9.98. The van der Waals surface area contributed by atoms with E-state index in [1.807, 2.05) is 29.8 Å². The molecule has 3 aromatic heterocycles. The van der Waals surface area contributed by atoms with Gasteiger partial charge in [-0.3, -0.25) is 14.2 Å². The lowest BCUT2D eigenvalue weighted by molar-refractivity contribution is -0.126. The first-order chi connectivity index (χ1) is 20.3. The summed E-state index contributed by atoms with van der Waals surface area (Å²) < 4.78 is 22.1. The minimum Gasteiger partial charge on any atom is -0.462 e. The van der Waals surface area contributed by atoms with Crippen LogP contribution in [0.1, 0.15) is 42.1 Å². The molecule has 2 fully saturated rings. The van der Waals surface area contributed by atoms with E-state index >= 15 is 0 Å². The number of hydrogen-bond acceptors (Lipinski definition) is 12. The van der Waals surface area contributed by atoms with Crippen LogP contribution in [0, 0.1) is 12.8 Å². The van der Waals surface area contributed by atoms with Gasteiger partial charge < -0.3 is 29.3 Å². The maximum absolute atomic E-state index is 13.5. The molecule has 0 saturated carbocycles. The van der Waals surface area contributed by atoms with Crippen molar-refractivity contribution in [2.24, 2.45) is 5.92 Å². The molecule has 2 aliphatic heterocycles. The van der Waals surface area contributed by atoms with Crippen molar-refractivity contribution in [2.45, 2.75) is 39.2 Å². The van der Waals surface area contributed by atoms with Crippen molar-refractivity contribution in [3.63, 3.8) is 0 Å². The zero-order valence-electron chi connectivity index (χ0n) is 24.4. The molecule has 42 heavy (non-hydrogen) atoms. The lowest BCUT2D eigenvalue weighted by Gasteiger charge is -2.39. The van der Waals surface area contributed by atoms with Gasteiger partial charge in [0.05, 0.1) is 30.6 Å². The molecule has 226 valence electrons. The summed E-state index contributed by atoms with van der Waals surface area (Å²) in [5.41, 5.74) is 0.454. The van der Waals surface area contributed by atoms with Crippen molar-refractivity contribution in [2.75, 3.05) is 70.0 Å². The van der Waals surface area contributed by atoms with Crippen LogP contribution in [0.3, 0.4) is 0 Å². The van der Waals surface area contributed by atoms with E-state index in [2.05, 4.69) is 14.7 Å². The third kappa shape index (κ3) is 6.25. The van der Waals surface area contributed by atoms with Crippen LogP contribution in [0.5, 0.6) is 0 Å². The topological polar surface area (TPSA) is 141 Å². The van der Waals surface area contributed by atoms with E-state index in [0.29, 0.717) is 66.3 Å². The van der Waals surface area contributed by atoms with Crippen LogP contribution in [0.2, 0.25) is 0 Å². The van der Waals surface area contributed by atoms with Gasteiger partial charge in [-0.15, -0.1) is 0 Å². The first-order valence-electron chi connectivity index (χ1n) is 14.2. The molecule has 0 aliphatic carbocycles. The first kappa shape index (κ1) is 29.9. The molecule has 1 amide bonds. The second-order valence-corrected chi connectivity index (χ2v) is 11.3. The smallest absolute Gasteiger partial charge is 0.343 e. The van der Waals surface area contributed by atoms with Crippen LogP contribution >= 0.6 is 11.5 Å². The van der Waals surface area contributed by atoms with Gasteiger partial charge in [0.1, 0.15) is 11.4 Å². The Hall–Kier alpha value is -3.62. The van der Waals surface area contributed by atoms with Crippen LogP contribution in [-0.4, -0.2) is 97.0 Å². The van der Waals surface area contributed by atoms with Crippen molar-refractivity contribution in [3.8, 4) is 5.13 Å². The summed E-state index contributed by atoms with van der Waals surface area (Å²) in [5.74, 6) is 0.262. The molecular formula is C28H37N7O6S. The Kier molecular flexibility index (Phi) is 9.34. The number of amides is 1. The SMILES string of the molecule is CCOC(=O)c1cn(-c2nc(N(C)CCOC)ns2)c2nc(N3CC(C(=O)NCC4CCCCO4)C3)cc(C)c2c1=O. The Bertz CT molecular complexity index is 1500. The van der Waals surface area contributed by atoms with Gasteiger partial charge in [-0.25, -0.2) is 9.78 Å². The van der Waals surface area contributed by atoms with Crippen LogP contribution in [0.4, 0.5) is 11.8 Å². The van der Waals surface area contributed by atoms with Crippen molar-refractivity contribution < 1.29 is 23.8 Å². The highest BCUT2D eigenvalue weighted by atomic mass is 32.1. The summed E-state index contributed by atoms with van der Waals surface area (Å²) in [6, 6.07) is 1.82. The van der Waals surface area contributed by atoms with E-state index in [9.17, 15) is 14.4 Å². The Labute approximate surface area is 247 Å². The predicted molar refractivity (Wildman–Crippen MR) is 159 cm³/mol. The third-order valence-corrected chi connectivity index (χ3v) is 8.28. The first-order valence-corrected chi connectivity index (χ1v) is 15.0. The van der Waals surface area contributed by atoms with Crippen LogP contribution in [0.25, 0.3) is 16.2 Å². The number of likely N-dealkylation sites (N-methyl/N-ethyl adjacent to an activating group) is 1. The Morgan fingerprint density at radius 2 is 2.07 bits per heavy atom. The van der Waals surface area contributed by atoms with Gasteiger partial charge in [0.25, 0.3) is 0 Å². The minimum absolute atomic E-state index is 0.00732. The van der Waals surface area contributed by atoms with Crippen LogP contribution in [-0.2, 0) is 19.0 Å². The predicted octanol–water partition coefficient (Wildman–Crippen LogP) is 1.93. The third-order valence-electron chi connectivity index (χ3n) is 7.57. The quantitative estimate of drug-likeness (QED) is 0.323. The highest BCUT2D eigenvalue weighted by molar-refractivity contribution is 7.08. The number of ether oxygens (including phenoxy) is 3. The van der Waals surface area contributed by atoms with Crippen molar-refractivity contribution >= 4 is 46.2 Å². The summed E-state index contributed by atoms with van der Waals surface area (Å²) in [5, 5.41) is 3.78. The standard InChI is InChI=1S/C28H37N7O6S/c1-5-40-26(38)20-16-35(28-31-27(32-42-28)33(3)9-11-39-4)24-22(23(20)36)17(2)12-21(30-24)34-14-18(15-34)25(37)29-13-19-8-6-7-10-41-19/h12,16,18-19H,5-11,13-15H2,1-4H3,(H,29,37). The maximum atomic E-state index is 13.5. The lowest BCUT2D eigenvalue weighted by Crippen LogP contribution is -2.55. The molecule has 1 N–H and O–H groups in total. The summed E-state index contributed by atoms with van der Waals surface area (Å²) in [6.45, 7) is 7.03. The number of anilines is 2. The van der Waals surface area contributed by atoms with E-state index in [1.54, 1.807) is 18.6 Å². The number of rotatable bonds is 11. The number of nitrogens with zero attached hydrogens (tertiary/aromatic N) is 6. The van der Waals surface area contributed by atoms with Crippen molar-refractivity contribution in [3.05, 3.63) is 33.6 Å². The summed E-state index contributed by atoms with van der Waals surface area (Å²) >= 11 is 1.13. The fraction of sp³-hybridized carbons (Fsp3) is 0.571. The number of aromatic nitrogens is 4. The molecule has 2 saturated heterocycles. The normalized spacial score (nSPS) is 17.2. The molecule has 13 nitrogen and oxygen atoms in total. The molecule has 5 heterocycles. The molecule has 0 radical (unpaired) electrons. The number of aryl methyl sites for hydroxylation is 1. The van der Waals surface area contributed by atoms with E-state index in [1.165, 1.54) is 6.20 Å². The Morgan fingerprint density at radius 3 is 2.79 bits per heavy atom. The van der Waals surface area contributed by atoms with Gasteiger partial charge in [-0.2, -0.15) is 9.36 Å². The number of pyridine rings is 2. The van der Waals surface area contributed by atoms with Crippen molar-refractivity contribution in [1.82, 2.24) is 24.2 Å². The molecule has 3 aromatic rings. The number of nitrogens with one attached hydrogen (secondary N) is 1. The Morgan fingerprint density at radius 1 is 1.26 bits per heavy atom. The van der Waals surface area contributed by atoms with E-state index < -0.39 is 11.4 Å².